The summed E-state index contributed by atoms with van der Waals surface area (Å²) in [4.78, 5) is 13.7. The maximum atomic E-state index is 12.0. The van der Waals surface area contributed by atoms with Crippen molar-refractivity contribution in [1.82, 2.24) is 10.2 Å². The van der Waals surface area contributed by atoms with E-state index < -0.39 is 6.10 Å². The van der Waals surface area contributed by atoms with Crippen LogP contribution >= 0.6 is 0 Å². The minimum absolute atomic E-state index is 0.134. The third kappa shape index (κ3) is 3.93. The minimum atomic E-state index is -0.401. The number of aliphatic hydroxyl groups excluding tert-OH is 1. The molecule has 1 fully saturated rings. The Morgan fingerprint density at radius 1 is 1.26 bits per heavy atom. The van der Waals surface area contributed by atoms with Gasteiger partial charge in [-0.3, -0.25) is 0 Å². The summed E-state index contributed by atoms with van der Waals surface area (Å²) in [5, 5.41) is 14.7. The van der Waals surface area contributed by atoms with Gasteiger partial charge in [0.05, 0.1) is 12.6 Å². The highest BCUT2D eigenvalue weighted by Crippen LogP contribution is 2.24. The summed E-state index contributed by atoms with van der Waals surface area (Å²) in [5.74, 6) is 0.825. The van der Waals surface area contributed by atoms with E-state index in [1.165, 1.54) is 0 Å². The van der Waals surface area contributed by atoms with E-state index in [-0.39, 0.29) is 6.03 Å². The SMILES string of the molecule is O=C(NCCOc1cccc2ccccc12)N1CCCC(O)C1. The van der Waals surface area contributed by atoms with Crippen molar-refractivity contribution in [3.63, 3.8) is 0 Å². The van der Waals surface area contributed by atoms with Gasteiger partial charge in [-0.1, -0.05) is 36.4 Å². The average molecular weight is 314 g/mol. The fraction of sp³-hybridized carbons (Fsp3) is 0.389. The number of carbonyl (C=O) groups excluding carboxylic acids is 1. The van der Waals surface area contributed by atoms with Crippen molar-refractivity contribution in [2.45, 2.75) is 18.9 Å². The van der Waals surface area contributed by atoms with Gasteiger partial charge in [0, 0.05) is 18.5 Å². The van der Waals surface area contributed by atoms with Crippen molar-refractivity contribution in [2.75, 3.05) is 26.2 Å². The van der Waals surface area contributed by atoms with Crippen molar-refractivity contribution in [2.24, 2.45) is 0 Å². The number of nitrogens with one attached hydrogen (secondary N) is 1. The van der Waals surface area contributed by atoms with Crippen molar-refractivity contribution in [1.29, 1.82) is 0 Å². The number of likely N-dealkylation sites (tertiary alicyclic amines) is 1. The van der Waals surface area contributed by atoms with Crippen LogP contribution in [0.2, 0.25) is 0 Å². The van der Waals surface area contributed by atoms with Gasteiger partial charge < -0.3 is 20.1 Å². The van der Waals surface area contributed by atoms with Crippen LogP contribution in [0, 0.1) is 0 Å². The molecule has 2 amide bonds. The molecule has 3 rings (SSSR count). The molecule has 0 radical (unpaired) electrons. The lowest BCUT2D eigenvalue weighted by molar-refractivity contribution is 0.0840. The third-order valence-electron chi connectivity index (χ3n) is 4.07. The Morgan fingerprint density at radius 3 is 2.96 bits per heavy atom. The highest BCUT2D eigenvalue weighted by Gasteiger charge is 2.21. The molecule has 0 aliphatic carbocycles. The van der Waals surface area contributed by atoms with Crippen LogP contribution in [0.25, 0.3) is 10.8 Å². The fourth-order valence-corrected chi connectivity index (χ4v) is 2.89. The summed E-state index contributed by atoms with van der Waals surface area (Å²) in [6, 6.07) is 13.9. The van der Waals surface area contributed by atoms with Crippen molar-refractivity contribution in [3.05, 3.63) is 42.5 Å². The molecule has 0 bridgehead atoms. The Hall–Kier alpha value is -2.27. The van der Waals surface area contributed by atoms with Crippen LogP contribution in [0.5, 0.6) is 5.75 Å². The van der Waals surface area contributed by atoms with E-state index in [0.717, 1.165) is 29.4 Å². The molecule has 2 aromatic rings. The maximum absolute atomic E-state index is 12.0. The number of piperidine rings is 1. The number of benzene rings is 2. The zero-order valence-electron chi connectivity index (χ0n) is 13.1. The molecule has 0 aromatic heterocycles. The van der Waals surface area contributed by atoms with Crippen molar-refractivity contribution >= 4 is 16.8 Å². The number of fused-ring (bicyclic) bond motifs is 1. The first kappa shape index (κ1) is 15.6. The summed E-state index contributed by atoms with van der Waals surface area (Å²) in [5.41, 5.74) is 0. The first-order valence-electron chi connectivity index (χ1n) is 8.05. The lowest BCUT2D eigenvalue weighted by Crippen LogP contribution is -2.47. The highest BCUT2D eigenvalue weighted by molar-refractivity contribution is 5.88. The number of hydrogen-bond acceptors (Lipinski definition) is 3. The topological polar surface area (TPSA) is 61.8 Å². The number of hydrogen-bond donors (Lipinski definition) is 2. The maximum Gasteiger partial charge on any atom is 0.317 e. The number of amides is 2. The number of rotatable bonds is 4. The highest BCUT2D eigenvalue weighted by atomic mass is 16.5. The molecule has 0 saturated carbocycles. The van der Waals surface area contributed by atoms with Crippen molar-refractivity contribution in [3.8, 4) is 5.75 Å². The molecule has 5 nitrogen and oxygen atoms in total. The largest absolute Gasteiger partial charge is 0.491 e. The molecule has 0 spiro atoms. The van der Waals surface area contributed by atoms with Crippen LogP contribution in [0.4, 0.5) is 4.79 Å². The number of β-amino-alcohol motifs (C(OH)–C–C–N with tert-alkyl or cyclic N) is 1. The van der Waals surface area contributed by atoms with Gasteiger partial charge in [-0.25, -0.2) is 4.79 Å². The Balaban J connectivity index is 1.48. The summed E-state index contributed by atoms with van der Waals surface area (Å²) in [6.45, 7) is 1.97. The molecule has 1 aliphatic rings. The molecular formula is C18H22N2O3. The number of aliphatic hydroxyl groups is 1. The Labute approximate surface area is 135 Å². The summed E-state index contributed by atoms with van der Waals surface area (Å²) in [6.07, 6.45) is 1.22. The van der Waals surface area contributed by atoms with Crippen molar-refractivity contribution < 1.29 is 14.6 Å². The monoisotopic (exact) mass is 314 g/mol. The molecule has 1 heterocycles. The number of ether oxygens (including phenoxy) is 1. The lowest BCUT2D eigenvalue weighted by atomic mass is 10.1. The predicted octanol–water partition coefficient (Wildman–Crippen LogP) is 2.38. The summed E-state index contributed by atoms with van der Waals surface area (Å²) in [7, 11) is 0. The van der Waals surface area contributed by atoms with E-state index in [2.05, 4.69) is 5.32 Å². The van der Waals surface area contributed by atoms with Crippen LogP contribution in [0.1, 0.15) is 12.8 Å². The number of nitrogens with zero attached hydrogens (tertiary/aromatic N) is 1. The van der Waals surface area contributed by atoms with Gasteiger partial charge in [-0.05, 0) is 24.3 Å². The second-order valence-electron chi connectivity index (χ2n) is 5.80. The van der Waals surface area contributed by atoms with Gasteiger partial charge in [-0.2, -0.15) is 0 Å². The molecule has 23 heavy (non-hydrogen) atoms. The van der Waals surface area contributed by atoms with Gasteiger partial charge in [0.25, 0.3) is 0 Å². The number of carbonyl (C=O) groups is 1. The Bertz CT molecular complexity index is 669. The van der Waals surface area contributed by atoms with Gasteiger partial charge in [-0.15, -0.1) is 0 Å². The smallest absolute Gasteiger partial charge is 0.317 e. The first-order valence-corrected chi connectivity index (χ1v) is 8.05. The average Bonchev–Trinajstić information content (AvgIpc) is 2.58. The van der Waals surface area contributed by atoms with E-state index in [1.54, 1.807) is 4.90 Å². The van der Waals surface area contributed by atoms with Gasteiger partial charge in [0.15, 0.2) is 0 Å². The van der Waals surface area contributed by atoms with Gasteiger partial charge in [0.1, 0.15) is 12.4 Å². The van der Waals surface area contributed by atoms with Gasteiger partial charge in [0.2, 0.25) is 0 Å². The molecule has 2 aromatic carbocycles. The van der Waals surface area contributed by atoms with Crippen LogP contribution in [0.3, 0.4) is 0 Å². The van der Waals surface area contributed by atoms with E-state index in [4.69, 9.17) is 4.74 Å². The van der Waals surface area contributed by atoms with Crippen LogP contribution in [-0.2, 0) is 0 Å². The van der Waals surface area contributed by atoms with Crippen LogP contribution < -0.4 is 10.1 Å². The first-order chi connectivity index (χ1) is 11.2. The second-order valence-corrected chi connectivity index (χ2v) is 5.80. The van der Waals surface area contributed by atoms with Crippen LogP contribution in [0.15, 0.2) is 42.5 Å². The zero-order chi connectivity index (χ0) is 16.1. The summed E-state index contributed by atoms with van der Waals surface area (Å²) >= 11 is 0. The predicted molar refractivity (Wildman–Crippen MR) is 89.7 cm³/mol. The molecule has 1 atom stereocenters. The summed E-state index contributed by atoms with van der Waals surface area (Å²) < 4.78 is 5.80. The Kier molecular flexibility index (Phi) is 4.98. The fourth-order valence-electron chi connectivity index (χ4n) is 2.89. The minimum Gasteiger partial charge on any atom is -0.491 e. The lowest BCUT2D eigenvalue weighted by Gasteiger charge is -2.30. The quantitative estimate of drug-likeness (QED) is 0.852. The Morgan fingerprint density at radius 2 is 2.09 bits per heavy atom. The number of urea groups is 1. The van der Waals surface area contributed by atoms with E-state index in [0.29, 0.717) is 26.2 Å². The normalized spacial score (nSPS) is 18.0. The second kappa shape index (κ2) is 7.33. The molecule has 1 saturated heterocycles. The zero-order valence-corrected chi connectivity index (χ0v) is 13.1. The van der Waals surface area contributed by atoms with E-state index >= 15 is 0 Å². The third-order valence-corrected chi connectivity index (χ3v) is 4.07. The molecule has 1 aliphatic heterocycles. The van der Waals surface area contributed by atoms with E-state index in [1.807, 2.05) is 42.5 Å². The van der Waals surface area contributed by atoms with Gasteiger partial charge >= 0.3 is 6.03 Å². The standard InChI is InChI=1S/C18H22N2O3/c21-15-7-4-11-20(13-15)18(22)19-10-12-23-17-9-3-6-14-5-1-2-8-16(14)17/h1-3,5-6,8-9,15,21H,4,7,10-13H2,(H,19,22). The molecule has 122 valence electrons. The molecular weight excluding hydrogens is 292 g/mol. The molecule has 2 N–H and O–H groups in total. The van der Waals surface area contributed by atoms with E-state index in [9.17, 15) is 9.90 Å². The molecule has 1 unspecified atom stereocenters. The molecule has 5 heteroatoms. The van der Waals surface area contributed by atoms with Crippen LogP contribution in [-0.4, -0.2) is 48.4 Å².